The van der Waals surface area contributed by atoms with E-state index in [1.165, 1.54) is 42.2 Å². The quantitative estimate of drug-likeness (QED) is 0.405. The molecule has 1 saturated heterocycles. The number of nitrogens with zero attached hydrogens (tertiary/aromatic N) is 3. The molecule has 0 spiro atoms. The lowest BCUT2D eigenvalue weighted by Gasteiger charge is -2.15. The third-order valence-electron chi connectivity index (χ3n) is 6.59. The standard InChI is InChI=1S/C30H30N4O2/c35-29(22-34-30(36)17-16-28(32-34)25-8-2-1-3-9-25)31-20-26-10-4-5-11-27(26)24-14-12-23(13-15-24)21-33-18-6-7-19-33/h1-5,8-17H,6-7,18-22H2,(H,31,35). The molecule has 6 heteroatoms. The molecule has 182 valence electrons. The number of hydrogen-bond acceptors (Lipinski definition) is 4. The Kier molecular flexibility index (Phi) is 7.33. The minimum absolute atomic E-state index is 0.132. The number of benzene rings is 3. The van der Waals surface area contributed by atoms with Crippen LogP contribution in [0.25, 0.3) is 22.4 Å². The molecule has 0 bridgehead atoms. The van der Waals surface area contributed by atoms with Gasteiger partial charge in [0.05, 0.1) is 5.69 Å². The molecule has 0 unspecified atom stereocenters. The monoisotopic (exact) mass is 478 g/mol. The second-order valence-corrected chi connectivity index (χ2v) is 9.19. The maximum Gasteiger partial charge on any atom is 0.267 e. The maximum absolute atomic E-state index is 12.7. The summed E-state index contributed by atoms with van der Waals surface area (Å²) in [6.45, 7) is 3.60. The Labute approximate surface area is 211 Å². The van der Waals surface area contributed by atoms with Crippen LogP contribution in [0.15, 0.2) is 95.8 Å². The number of carbonyl (C=O) groups is 1. The Hall–Kier alpha value is -4.03. The normalized spacial score (nSPS) is 13.6. The van der Waals surface area contributed by atoms with Crippen LogP contribution in [-0.2, 0) is 24.4 Å². The minimum atomic E-state index is -0.306. The molecule has 0 aliphatic carbocycles. The van der Waals surface area contributed by atoms with Gasteiger partial charge < -0.3 is 5.32 Å². The van der Waals surface area contributed by atoms with E-state index in [1.54, 1.807) is 6.07 Å². The van der Waals surface area contributed by atoms with Gasteiger partial charge in [0, 0.05) is 24.7 Å². The number of aromatic nitrogens is 2. The summed E-state index contributed by atoms with van der Waals surface area (Å²) < 4.78 is 1.21. The van der Waals surface area contributed by atoms with Crippen molar-refractivity contribution < 1.29 is 4.79 Å². The molecule has 1 aliphatic rings. The fourth-order valence-electron chi connectivity index (χ4n) is 4.66. The van der Waals surface area contributed by atoms with Crippen molar-refractivity contribution in [2.75, 3.05) is 13.1 Å². The summed E-state index contributed by atoms with van der Waals surface area (Å²) >= 11 is 0. The zero-order chi connectivity index (χ0) is 24.7. The lowest BCUT2D eigenvalue weighted by molar-refractivity contribution is -0.122. The number of hydrogen-bond donors (Lipinski definition) is 1. The maximum atomic E-state index is 12.7. The minimum Gasteiger partial charge on any atom is -0.350 e. The fourth-order valence-corrected chi connectivity index (χ4v) is 4.66. The van der Waals surface area contributed by atoms with Crippen molar-refractivity contribution in [3.05, 3.63) is 112 Å². The molecular formula is C30H30N4O2. The Morgan fingerprint density at radius 3 is 2.31 bits per heavy atom. The lowest BCUT2D eigenvalue weighted by atomic mass is 9.98. The molecule has 1 N–H and O–H groups in total. The molecule has 5 rings (SSSR count). The van der Waals surface area contributed by atoms with Crippen molar-refractivity contribution in [1.29, 1.82) is 0 Å². The highest BCUT2D eigenvalue weighted by atomic mass is 16.2. The van der Waals surface area contributed by atoms with E-state index in [0.29, 0.717) is 12.2 Å². The first-order valence-electron chi connectivity index (χ1n) is 12.5. The fraction of sp³-hybridized carbons (Fsp3) is 0.233. The molecule has 6 nitrogen and oxygen atoms in total. The van der Waals surface area contributed by atoms with Crippen LogP contribution in [0.2, 0.25) is 0 Å². The van der Waals surface area contributed by atoms with E-state index in [1.807, 2.05) is 48.5 Å². The molecule has 3 aromatic carbocycles. The molecule has 1 fully saturated rings. The first kappa shape index (κ1) is 23.7. The van der Waals surface area contributed by atoms with Gasteiger partial charge in [0.25, 0.3) is 5.56 Å². The van der Waals surface area contributed by atoms with E-state index >= 15 is 0 Å². The van der Waals surface area contributed by atoms with Crippen LogP contribution in [0.1, 0.15) is 24.0 Å². The van der Waals surface area contributed by atoms with Gasteiger partial charge in [0.1, 0.15) is 6.54 Å². The summed E-state index contributed by atoms with van der Waals surface area (Å²) in [6.07, 6.45) is 2.58. The Bertz CT molecular complexity index is 1370. The summed E-state index contributed by atoms with van der Waals surface area (Å²) in [6, 6.07) is 29.5. The third kappa shape index (κ3) is 5.78. The molecule has 1 amide bonds. The highest BCUT2D eigenvalue weighted by molar-refractivity contribution is 5.76. The zero-order valence-corrected chi connectivity index (χ0v) is 20.3. The van der Waals surface area contributed by atoms with Crippen molar-refractivity contribution in [1.82, 2.24) is 20.0 Å². The van der Waals surface area contributed by atoms with Gasteiger partial charge in [-0.3, -0.25) is 14.5 Å². The predicted octanol–water partition coefficient (Wildman–Crippen LogP) is 4.49. The van der Waals surface area contributed by atoms with Crippen LogP contribution in [0.3, 0.4) is 0 Å². The van der Waals surface area contributed by atoms with Gasteiger partial charge in [-0.15, -0.1) is 0 Å². The van der Waals surface area contributed by atoms with Crippen molar-refractivity contribution in [3.8, 4) is 22.4 Å². The second-order valence-electron chi connectivity index (χ2n) is 9.19. The van der Waals surface area contributed by atoms with Gasteiger partial charge in [0.2, 0.25) is 5.91 Å². The topological polar surface area (TPSA) is 67.2 Å². The third-order valence-corrected chi connectivity index (χ3v) is 6.59. The van der Waals surface area contributed by atoms with Crippen molar-refractivity contribution in [2.45, 2.75) is 32.5 Å². The van der Waals surface area contributed by atoms with E-state index < -0.39 is 0 Å². The van der Waals surface area contributed by atoms with Gasteiger partial charge in [0.15, 0.2) is 0 Å². The van der Waals surface area contributed by atoms with Gasteiger partial charge >= 0.3 is 0 Å². The Morgan fingerprint density at radius 1 is 0.806 bits per heavy atom. The summed E-state index contributed by atoms with van der Waals surface area (Å²) in [5.74, 6) is -0.259. The molecule has 36 heavy (non-hydrogen) atoms. The van der Waals surface area contributed by atoms with Crippen molar-refractivity contribution in [2.24, 2.45) is 0 Å². The zero-order valence-electron chi connectivity index (χ0n) is 20.3. The average Bonchev–Trinajstić information content (AvgIpc) is 3.43. The molecule has 1 aromatic heterocycles. The number of likely N-dealkylation sites (tertiary alicyclic amines) is 1. The number of carbonyl (C=O) groups excluding carboxylic acids is 1. The van der Waals surface area contributed by atoms with Gasteiger partial charge in [-0.2, -0.15) is 5.10 Å². The van der Waals surface area contributed by atoms with E-state index in [9.17, 15) is 9.59 Å². The smallest absolute Gasteiger partial charge is 0.267 e. The number of nitrogens with one attached hydrogen (secondary N) is 1. The van der Waals surface area contributed by atoms with Gasteiger partial charge in [-0.1, -0.05) is 78.9 Å². The molecule has 0 saturated carbocycles. The van der Waals surface area contributed by atoms with Gasteiger partial charge in [-0.25, -0.2) is 4.68 Å². The van der Waals surface area contributed by atoms with Gasteiger partial charge in [-0.05, 0) is 54.3 Å². The largest absolute Gasteiger partial charge is 0.350 e. The summed E-state index contributed by atoms with van der Waals surface area (Å²) in [4.78, 5) is 27.5. The molecular weight excluding hydrogens is 448 g/mol. The van der Waals surface area contributed by atoms with E-state index in [2.05, 4.69) is 45.6 Å². The first-order valence-corrected chi connectivity index (χ1v) is 12.5. The molecule has 0 radical (unpaired) electrons. The Balaban J connectivity index is 1.24. The summed E-state index contributed by atoms with van der Waals surface area (Å²) in [5, 5.41) is 7.35. The van der Waals surface area contributed by atoms with E-state index in [-0.39, 0.29) is 18.0 Å². The van der Waals surface area contributed by atoms with Crippen molar-refractivity contribution >= 4 is 5.91 Å². The lowest BCUT2D eigenvalue weighted by Crippen LogP contribution is -2.33. The predicted molar refractivity (Wildman–Crippen MR) is 142 cm³/mol. The molecule has 4 aromatic rings. The van der Waals surface area contributed by atoms with Crippen LogP contribution in [0.4, 0.5) is 0 Å². The SMILES string of the molecule is O=C(Cn1nc(-c2ccccc2)ccc1=O)NCc1ccccc1-c1ccc(CN2CCCC2)cc1. The number of amides is 1. The molecule has 1 aliphatic heterocycles. The first-order chi connectivity index (χ1) is 17.7. The van der Waals surface area contributed by atoms with E-state index in [4.69, 9.17) is 0 Å². The van der Waals surface area contributed by atoms with Crippen molar-refractivity contribution in [3.63, 3.8) is 0 Å². The summed E-state index contributed by atoms with van der Waals surface area (Å²) in [5.41, 5.74) is 5.80. The molecule has 2 heterocycles. The average molecular weight is 479 g/mol. The highest BCUT2D eigenvalue weighted by Gasteiger charge is 2.13. The van der Waals surface area contributed by atoms with Crippen LogP contribution < -0.4 is 10.9 Å². The van der Waals surface area contributed by atoms with Crippen LogP contribution in [-0.4, -0.2) is 33.7 Å². The van der Waals surface area contributed by atoms with E-state index in [0.717, 1.165) is 28.8 Å². The van der Waals surface area contributed by atoms with Crippen LogP contribution in [0, 0.1) is 0 Å². The van der Waals surface area contributed by atoms with Crippen LogP contribution in [0.5, 0.6) is 0 Å². The number of rotatable bonds is 8. The van der Waals surface area contributed by atoms with Crippen LogP contribution >= 0.6 is 0 Å². The molecule has 0 atom stereocenters. The Morgan fingerprint density at radius 2 is 1.53 bits per heavy atom. The summed E-state index contributed by atoms with van der Waals surface area (Å²) in [7, 11) is 0. The second kappa shape index (κ2) is 11.1. The highest BCUT2D eigenvalue weighted by Crippen LogP contribution is 2.25.